The number of ether oxygens (including phenoxy) is 2. The van der Waals surface area contributed by atoms with E-state index in [0.717, 1.165) is 69.7 Å². The van der Waals surface area contributed by atoms with Gasteiger partial charge in [0, 0.05) is 66.5 Å². The molecule has 4 aromatic rings. The summed E-state index contributed by atoms with van der Waals surface area (Å²) in [6.07, 6.45) is 1.86. The zero-order valence-corrected chi connectivity index (χ0v) is 25.6. The highest BCUT2D eigenvalue weighted by molar-refractivity contribution is 7.80. The van der Waals surface area contributed by atoms with E-state index in [-0.39, 0.29) is 12.1 Å². The molecule has 2 aromatic carbocycles. The van der Waals surface area contributed by atoms with Crippen LogP contribution >= 0.6 is 12.2 Å². The van der Waals surface area contributed by atoms with Crippen LogP contribution in [0.25, 0.3) is 5.69 Å². The van der Waals surface area contributed by atoms with Crippen molar-refractivity contribution < 1.29 is 9.47 Å². The number of nitrogens with zero attached hydrogens (tertiary/aromatic N) is 5. The Kier molecular flexibility index (Phi) is 7.78. The van der Waals surface area contributed by atoms with Crippen molar-refractivity contribution in [1.29, 1.82) is 0 Å². The number of thiocarbonyl (C=S) groups is 1. The van der Waals surface area contributed by atoms with Crippen LogP contribution in [0, 0.1) is 13.8 Å². The van der Waals surface area contributed by atoms with Gasteiger partial charge in [0.25, 0.3) is 0 Å². The molecule has 0 aliphatic carbocycles. The molecular formula is C34H38N6O2S. The molecule has 3 saturated heterocycles. The molecule has 0 bridgehead atoms. The Bertz CT molecular complexity index is 1560. The number of aromatic nitrogens is 2. The highest BCUT2D eigenvalue weighted by Gasteiger charge is 2.42. The topological polar surface area (TPSA) is 58.0 Å². The minimum absolute atomic E-state index is 0.0655. The first-order chi connectivity index (χ1) is 21.1. The van der Waals surface area contributed by atoms with Crippen molar-refractivity contribution in [3.63, 3.8) is 0 Å². The summed E-state index contributed by atoms with van der Waals surface area (Å²) in [5.74, 6) is 0. The molecule has 3 fully saturated rings. The smallest absolute Gasteiger partial charge is 0.174 e. The summed E-state index contributed by atoms with van der Waals surface area (Å²) in [5.41, 5.74) is 9.26. The summed E-state index contributed by atoms with van der Waals surface area (Å²) in [4.78, 5) is 11.8. The maximum Gasteiger partial charge on any atom is 0.174 e. The van der Waals surface area contributed by atoms with E-state index >= 15 is 0 Å². The van der Waals surface area contributed by atoms with Crippen molar-refractivity contribution in [2.75, 3.05) is 67.3 Å². The van der Waals surface area contributed by atoms with E-state index in [0.29, 0.717) is 5.11 Å². The van der Waals surface area contributed by atoms with Crippen LogP contribution < -0.4 is 20.0 Å². The molecule has 3 aliphatic rings. The second kappa shape index (κ2) is 12.0. The van der Waals surface area contributed by atoms with E-state index in [1.54, 1.807) is 0 Å². The molecule has 2 aromatic heterocycles. The lowest BCUT2D eigenvalue weighted by molar-refractivity contribution is 0.122. The van der Waals surface area contributed by atoms with E-state index < -0.39 is 0 Å². The monoisotopic (exact) mass is 594 g/mol. The maximum atomic E-state index is 6.03. The molecule has 1 N–H and O–H groups in total. The van der Waals surface area contributed by atoms with Gasteiger partial charge in [0.05, 0.1) is 44.2 Å². The van der Waals surface area contributed by atoms with Gasteiger partial charge in [-0.2, -0.15) is 0 Å². The number of hydrogen-bond acceptors (Lipinski definition) is 6. The van der Waals surface area contributed by atoms with Crippen LogP contribution in [0.3, 0.4) is 0 Å². The van der Waals surface area contributed by atoms with Gasteiger partial charge in [0.1, 0.15) is 0 Å². The molecule has 43 heavy (non-hydrogen) atoms. The number of benzene rings is 2. The van der Waals surface area contributed by atoms with Gasteiger partial charge in [-0.3, -0.25) is 4.98 Å². The summed E-state index contributed by atoms with van der Waals surface area (Å²) in [5, 5.41) is 4.34. The molecule has 0 saturated carbocycles. The lowest BCUT2D eigenvalue weighted by Gasteiger charge is -2.31. The van der Waals surface area contributed by atoms with Gasteiger partial charge >= 0.3 is 0 Å². The van der Waals surface area contributed by atoms with Crippen molar-refractivity contribution in [1.82, 2.24) is 14.9 Å². The molecule has 0 radical (unpaired) electrons. The molecule has 8 nitrogen and oxygen atoms in total. The van der Waals surface area contributed by atoms with Crippen LogP contribution in [0.4, 0.5) is 17.1 Å². The quantitative estimate of drug-likeness (QED) is 0.301. The van der Waals surface area contributed by atoms with Crippen LogP contribution in [-0.2, 0) is 9.47 Å². The van der Waals surface area contributed by atoms with Crippen molar-refractivity contribution in [3.8, 4) is 5.69 Å². The molecule has 0 amide bonds. The summed E-state index contributed by atoms with van der Waals surface area (Å²) < 4.78 is 13.5. The van der Waals surface area contributed by atoms with E-state index in [9.17, 15) is 0 Å². The number of anilines is 3. The number of pyridine rings is 1. The molecule has 0 spiro atoms. The molecule has 7 rings (SSSR count). The largest absolute Gasteiger partial charge is 0.378 e. The van der Waals surface area contributed by atoms with Crippen LogP contribution in [0.15, 0.2) is 79.0 Å². The zero-order chi connectivity index (χ0) is 29.3. The van der Waals surface area contributed by atoms with Crippen molar-refractivity contribution in [3.05, 3.63) is 102 Å². The summed E-state index contributed by atoms with van der Waals surface area (Å²) in [6, 6.07) is 25.9. The first kappa shape index (κ1) is 27.9. The normalized spacial score (nSPS) is 20.9. The first-order valence-corrected chi connectivity index (χ1v) is 15.5. The Hall–Kier alpha value is -3.92. The summed E-state index contributed by atoms with van der Waals surface area (Å²) in [7, 11) is 0. The highest BCUT2D eigenvalue weighted by atomic mass is 32.1. The van der Waals surface area contributed by atoms with Crippen molar-refractivity contribution >= 4 is 34.4 Å². The third kappa shape index (κ3) is 5.37. The average Bonchev–Trinajstić information content (AvgIpc) is 3.56. The van der Waals surface area contributed by atoms with Crippen LogP contribution in [0.2, 0.25) is 0 Å². The number of aryl methyl sites for hydroxylation is 1. The predicted octanol–water partition coefficient (Wildman–Crippen LogP) is 5.34. The van der Waals surface area contributed by atoms with E-state index in [2.05, 4.69) is 99.1 Å². The SMILES string of the molecule is Cc1cc([C@@H]2[C@@H](c3ccccn3)NC(=S)N2c2ccc(N3CCOCC3)cc2)c(C)n1-c1ccc(N2CCOCC2)cc1. The second-order valence-electron chi connectivity index (χ2n) is 11.4. The lowest BCUT2D eigenvalue weighted by Crippen LogP contribution is -2.36. The van der Waals surface area contributed by atoms with Gasteiger partial charge in [0.15, 0.2) is 5.11 Å². The average molecular weight is 595 g/mol. The molecule has 0 unspecified atom stereocenters. The molecule has 3 aliphatic heterocycles. The fourth-order valence-corrected chi connectivity index (χ4v) is 7.06. The minimum Gasteiger partial charge on any atom is -0.378 e. The van der Waals surface area contributed by atoms with E-state index in [1.807, 2.05) is 18.3 Å². The molecule has 2 atom stereocenters. The molecular weight excluding hydrogens is 556 g/mol. The van der Waals surface area contributed by atoms with Crippen molar-refractivity contribution in [2.24, 2.45) is 0 Å². The van der Waals surface area contributed by atoms with Crippen LogP contribution in [0.5, 0.6) is 0 Å². The third-order valence-electron chi connectivity index (χ3n) is 8.88. The lowest BCUT2D eigenvalue weighted by atomic mass is 9.96. The molecule has 9 heteroatoms. The van der Waals surface area contributed by atoms with Gasteiger partial charge < -0.3 is 34.1 Å². The van der Waals surface area contributed by atoms with Gasteiger partial charge in [-0.15, -0.1) is 0 Å². The van der Waals surface area contributed by atoms with Crippen LogP contribution in [0.1, 0.15) is 34.7 Å². The fraction of sp³-hybridized carbons (Fsp3) is 0.353. The minimum atomic E-state index is -0.0923. The summed E-state index contributed by atoms with van der Waals surface area (Å²) in [6.45, 7) is 11.2. The predicted molar refractivity (Wildman–Crippen MR) is 176 cm³/mol. The maximum absolute atomic E-state index is 6.03. The van der Waals surface area contributed by atoms with Gasteiger partial charge in [-0.25, -0.2) is 0 Å². The Labute approximate surface area is 258 Å². The second-order valence-corrected chi connectivity index (χ2v) is 11.8. The Balaban J connectivity index is 1.25. The molecule has 222 valence electrons. The summed E-state index contributed by atoms with van der Waals surface area (Å²) >= 11 is 6.03. The third-order valence-corrected chi connectivity index (χ3v) is 9.19. The van der Waals surface area contributed by atoms with Gasteiger partial charge in [-0.05, 0) is 98.4 Å². The molecule has 5 heterocycles. The highest BCUT2D eigenvalue weighted by Crippen LogP contribution is 2.44. The Morgan fingerprint density at radius 1 is 0.744 bits per heavy atom. The Morgan fingerprint density at radius 2 is 1.30 bits per heavy atom. The van der Waals surface area contributed by atoms with Crippen molar-refractivity contribution in [2.45, 2.75) is 25.9 Å². The van der Waals surface area contributed by atoms with Gasteiger partial charge in [0.2, 0.25) is 0 Å². The van der Waals surface area contributed by atoms with Crippen LogP contribution in [-0.4, -0.2) is 67.3 Å². The van der Waals surface area contributed by atoms with E-state index in [4.69, 9.17) is 26.7 Å². The number of hydrogen-bond donors (Lipinski definition) is 1. The standard InChI is InChI=1S/C34H38N6O2S/c1-24-23-30(25(2)39(24)28-10-6-26(7-11-28)37-15-19-41-20-16-37)33-32(31-5-3-4-14-35-31)36-34(43)40(33)29-12-8-27(9-13-29)38-17-21-42-22-18-38/h3-14,23,32-33H,15-22H2,1-2H3,(H,36,43)/t32-,33-/m1/s1. The fourth-order valence-electron chi connectivity index (χ4n) is 6.71. The Morgan fingerprint density at radius 3 is 1.86 bits per heavy atom. The first-order valence-electron chi connectivity index (χ1n) is 15.1. The number of nitrogens with one attached hydrogen (secondary N) is 1. The van der Waals surface area contributed by atoms with E-state index in [1.165, 1.54) is 28.3 Å². The number of rotatable bonds is 6. The van der Waals surface area contributed by atoms with Gasteiger partial charge in [-0.1, -0.05) is 6.07 Å². The number of morpholine rings is 2. The zero-order valence-electron chi connectivity index (χ0n) is 24.8.